The van der Waals surface area contributed by atoms with Crippen LogP contribution in [0.25, 0.3) is 11.3 Å². The third-order valence-electron chi connectivity index (χ3n) is 6.69. The summed E-state index contributed by atoms with van der Waals surface area (Å²) in [4.78, 5) is 20.6. The number of carbonyl (C=O) groups excluding carboxylic acids is 1. The highest BCUT2D eigenvalue weighted by atomic mass is 35.5. The first kappa shape index (κ1) is 25.9. The maximum Gasteiger partial charge on any atom is 0.265 e. The molecule has 4 heterocycles. The van der Waals surface area contributed by atoms with Gasteiger partial charge < -0.3 is 15.0 Å². The van der Waals surface area contributed by atoms with Crippen molar-refractivity contribution < 1.29 is 22.3 Å². The molecule has 2 aliphatic rings. The molecular formula is C25H26ClFN4O4S2. The van der Waals surface area contributed by atoms with E-state index in [9.17, 15) is 13.2 Å². The van der Waals surface area contributed by atoms with E-state index in [0.29, 0.717) is 21.5 Å². The van der Waals surface area contributed by atoms with Crippen molar-refractivity contribution in [3.63, 3.8) is 0 Å². The van der Waals surface area contributed by atoms with Gasteiger partial charge in [-0.2, -0.15) is 0 Å². The Hall–Kier alpha value is -2.73. The van der Waals surface area contributed by atoms with Crippen molar-refractivity contribution in [1.29, 1.82) is 0 Å². The molecule has 2 fully saturated rings. The number of nitrogens with one attached hydrogen (secondary N) is 2. The summed E-state index contributed by atoms with van der Waals surface area (Å²) in [7, 11) is -3.51. The molecule has 12 heteroatoms. The molecule has 2 N–H and O–H groups in total. The summed E-state index contributed by atoms with van der Waals surface area (Å²) in [5, 5.41) is 2.98. The molecule has 0 aliphatic carbocycles. The Labute approximate surface area is 223 Å². The van der Waals surface area contributed by atoms with Gasteiger partial charge in [-0.25, -0.2) is 12.8 Å². The summed E-state index contributed by atoms with van der Waals surface area (Å²) in [6.45, 7) is 5.13. The maximum atomic E-state index is 15.2. The van der Waals surface area contributed by atoms with E-state index in [2.05, 4.69) is 19.9 Å². The van der Waals surface area contributed by atoms with Gasteiger partial charge >= 0.3 is 0 Å². The molecular weight excluding hydrogens is 539 g/mol. The predicted molar refractivity (Wildman–Crippen MR) is 145 cm³/mol. The minimum absolute atomic E-state index is 0.194. The zero-order chi connectivity index (χ0) is 26.4. The molecule has 37 heavy (non-hydrogen) atoms. The smallest absolute Gasteiger partial charge is 0.265 e. The van der Waals surface area contributed by atoms with Crippen LogP contribution >= 0.6 is 22.9 Å². The van der Waals surface area contributed by atoms with Crippen LogP contribution in [0.5, 0.6) is 0 Å². The lowest BCUT2D eigenvalue weighted by Crippen LogP contribution is -2.51. The fraction of sp³-hybridized carbons (Fsp3) is 0.360. The number of benzene rings is 1. The number of nitrogens with zero attached hydrogens (tertiary/aromatic N) is 2. The molecule has 2 aromatic heterocycles. The van der Waals surface area contributed by atoms with E-state index in [4.69, 9.17) is 16.3 Å². The summed E-state index contributed by atoms with van der Waals surface area (Å²) >= 11 is 7.30. The first-order valence-electron chi connectivity index (χ1n) is 11.7. The molecule has 8 nitrogen and oxygen atoms in total. The number of sulfonamides is 1. The van der Waals surface area contributed by atoms with Gasteiger partial charge in [-0.15, -0.1) is 11.3 Å². The molecule has 0 unspecified atom stereocenters. The van der Waals surface area contributed by atoms with Crippen LogP contribution in [0.4, 0.5) is 21.5 Å². The highest BCUT2D eigenvalue weighted by Gasteiger charge is 2.41. The topological polar surface area (TPSA) is 101 Å². The van der Waals surface area contributed by atoms with Crippen LogP contribution in [0.2, 0.25) is 5.02 Å². The lowest BCUT2D eigenvalue weighted by atomic mass is 9.77. The van der Waals surface area contributed by atoms with E-state index in [-0.39, 0.29) is 16.4 Å². The Balaban J connectivity index is 1.31. The van der Waals surface area contributed by atoms with E-state index in [1.807, 2.05) is 6.92 Å². The van der Waals surface area contributed by atoms with Gasteiger partial charge in [0.1, 0.15) is 5.69 Å². The summed E-state index contributed by atoms with van der Waals surface area (Å²) < 4.78 is 46.0. The Morgan fingerprint density at radius 1 is 1.16 bits per heavy atom. The third kappa shape index (κ3) is 5.74. The number of hydrogen-bond acceptors (Lipinski definition) is 7. The summed E-state index contributed by atoms with van der Waals surface area (Å²) in [5.74, 6) is -0.866. The number of carbonyl (C=O) groups is 1. The largest absolute Gasteiger partial charge is 0.380 e. The number of hydrogen-bond donors (Lipinski definition) is 2. The highest BCUT2D eigenvalue weighted by Crippen LogP contribution is 2.40. The van der Waals surface area contributed by atoms with Crippen molar-refractivity contribution in [1.82, 2.24) is 4.98 Å². The van der Waals surface area contributed by atoms with Gasteiger partial charge in [0, 0.05) is 45.7 Å². The number of rotatable bonds is 6. The third-order valence-corrected chi connectivity index (χ3v) is 8.56. The Morgan fingerprint density at radius 3 is 2.49 bits per heavy atom. The van der Waals surface area contributed by atoms with Crippen molar-refractivity contribution in [3.8, 4) is 11.3 Å². The first-order valence-corrected chi connectivity index (χ1v) is 14.8. The van der Waals surface area contributed by atoms with Crippen molar-refractivity contribution in [3.05, 3.63) is 57.1 Å². The number of amides is 1. The second-order valence-electron chi connectivity index (χ2n) is 9.64. The van der Waals surface area contributed by atoms with Gasteiger partial charge in [-0.1, -0.05) is 11.6 Å². The summed E-state index contributed by atoms with van der Waals surface area (Å²) in [6.07, 6.45) is 4.76. The monoisotopic (exact) mass is 564 g/mol. The van der Waals surface area contributed by atoms with E-state index in [1.165, 1.54) is 35.6 Å². The van der Waals surface area contributed by atoms with E-state index >= 15 is 4.39 Å². The maximum absolute atomic E-state index is 15.2. The standard InChI is InChI=1S/C25H26ClFN4O4S2/c1-15-20(23-21(27)10-19(12-28-23)31-5-3-25(4-6-31)13-35-14-25)11-22(36-15)24(32)29-17-7-16(26)8-18(9-17)30-37(2,33)34/h7-12,30H,3-6,13-14H2,1-2H3,(H,29,32). The number of pyridine rings is 1. The summed E-state index contributed by atoms with van der Waals surface area (Å²) in [6, 6.07) is 7.54. The molecule has 2 aliphatic heterocycles. The zero-order valence-electron chi connectivity index (χ0n) is 20.3. The second kappa shape index (κ2) is 9.86. The predicted octanol–water partition coefficient (Wildman–Crippen LogP) is 5.15. The lowest BCUT2D eigenvalue weighted by molar-refractivity contribution is -0.124. The van der Waals surface area contributed by atoms with Crippen LogP contribution in [-0.4, -0.2) is 51.9 Å². The molecule has 1 aromatic carbocycles. The van der Waals surface area contributed by atoms with E-state index < -0.39 is 21.7 Å². The molecule has 0 atom stereocenters. The van der Waals surface area contributed by atoms with Crippen molar-refractivity contribution in [2.45, 2.75) is 19.8 Å². The normalized spacial score (nSPS) is 16.9. The number of ether oxygens (including phenoxy) is 1. The van der Waals surface area contributed by atoms with Gasteiger partial charge in [0.15, 0.2) is 5.82 Å². The molecule has 5 rings (SSSR count). The van der Waals surface area contributed by atoms with Gasteiger partial charge in [0.05, 0.1) is 41.9 Å². The number of piperidine rings is 1. The Bertz CT molecular complexity index is 1460. The number of thiophene rings is 1. The van der Waals surface area contributed by atoms with Gasteiger partial charge in [0.25, 0.3) is 5.91 Å². The minimum Gasteiger partial charge on any atom is -0.380 e. The molecule has 3 aromatic rings. The van der Waals surface area contributed by atoms with Crippen LogP contribution in [0.15, 0.2) is 36.5 Å². The minimum atomic E-state index is -3.51. The van der Waals surface area contributed by atoms with Crippen LogP contribution < -0.4 is 14.9 Å². The van der Waals surface area contributed by atoms with Crippen molar-refractivity contribution in [2.75, 3.05) is 47.5 Å². The van der Waals surface area contributed by atoms with Crippen LogP contribution in [-0.2, 0) is 14.8 Å². The quantitative estimate of drug-likeness (QED) is 0.429. The average molecular weight is 565 g/mol. The number of anilines is 3. The fourth-order valence-corrected chi connectivity index (χ4v) is 6.37. The summed E-state index contributed by atoms with van der Waals surface area (Å²) in [5.41, 5.74) is 2.34. The molecule has 0 bridgehead atoms. The second-order valence-corrected chi connectivity index (χ2v) is 13.1. The highest BCUT2D eigenvalue weighted by molar-refractivity contribution is 7.92. The fourth-order valence-electron chi connectivity index (χ4n) is 4.67. The van der Waals surface area contributed by atoms with Gasteiger partial charge in [0.2, 0.25) is 10.0 Å². The average Bonchev–Trinajstić information content (AvgIpc) is 3.18. The molecule has 2 saturated heterocycles. The number of aryl methyl sites for hydroxylation is 1. The van der Waals surface area contributed by atoms with Gasteiger partial charge in [-0.3, -0.25) is 14.5 Å². The van der Waals surface area contributed by atoms with E-state index in [1.54, 1.807) is 12.3 Å². The Morgan fingerprint density at radius 2 is 1.86 bits per heavy atom. The number of halogens is 2. The van der Waals surface area contributed by atoms with E-state index in [0.717, 1.165) is 56.0 Å². The van der Waals surface area contributed by atoms with Gasteiger partial charge in [-0.05, 0) is 44.0 Å². The zero-order valence-corrected chi connectivity index (χ0v) is 22.7. The molecule has 1 spiro atoms. The molecule has 0 saturated carbocycles. The number of aromatic nitrogens is 1. The molecule has 0 radical (unpaired) electrons. The lowest BCUT2D eigenvalue weighted by Gasteiger charge is -2.47. The van der Waals surface area contributed by atoms with Crippen molar-refractivity contribution in [2.24, 2.45) is 5.41 Å². The Kier molecular flexibility index (Phi) is 6.90. The van der Waals surface area contributed by atoms with Crippen LogP contribution in [0.3, 0.4) is 0 Å². The first-order chi connectivity index (χ1) is 17.5. The molecule has 196 valence electrons. The van der Waals surface area contributed by atoms with Crippen LogP contribution in [0, 0.1) is 18.2 Å². The van der Waals surface area contributed by atoms with Crippen molar-refractivity contribution >= 4 is 55.9 Å². The molecule has 1 amide bonds. The SMILES string of the molecule is Cc1sc(C(=O)Nc2cc(Cl)cc(NS(C)(=O)=O)c2)cc1-c1ncc(N2CCC3(CC2)COC3)cc1F. The van der Waals surface area contributed by atoms with Crippen LogP contribution in [0.1, 0.15) is 27.4 Å².